The normalized spacial score (nSPS) is 19.9. The van der Waals surface area contributed by atoms with Crippen molar-refractivity contribution in [1.82, 2.24) is 15.5 Å². The van der Waals surface area contributed by atoms with Crippen LogP contribution in [0.4, 0.5) is 0 Å². The van der Waals surface area contributed by atoms with E-state index in [1.54, 1.807) is 0 Å². The molecule has 2 rings (SSSR count). The number of hydrogen-bond acceptors (Lipinski definition) is 3. The number of amides is 2. The van der Waals surface area contributed by atoms with Crippen molar-refractivity contribution in [2.24, 2.45) is 5.92 Å². The Morgan fingerprint density at radius 3 is 2.45 bits per heavy atom. The van der Waals surface area contributed by atoms with Crippen LogP contribution in [-0.4, -0.2) is 48.9 Å². The van der Waals surface area contributed by atoms with Crippen molar-refractivity contribution < 1.29 is 9.59 Å². The zero-order valence-electron chi connectivity index (χ0n) is 12.5. The summed E-state index contributed by atoms with van der Waals surface area (Å²) in [6, 6.07) is 0.248. The molecule has 1 aliphatic heterocycles. The van der Waals surface area contributed by atoms with Crippen LogP contribution in [0.25, 0.3) is 0 Å². The van der Waals surface area contributed by atoms with Crippen LogP contribution in [0.2, 0.25) is 0 Å². The minimum absolute atomic E-state index is 0.142. The van der Waals surface area contributed by atoms with Gasteiger partial charge in [0.05, 0.1) is 6.54 Å². The third-order valence-electron chi connectivity index (χ3n) is 4.10. The van der Waals surface area contributed by atoms with E-state index in [1.807, 2.05) is 11.8 Å². The molecule has 1 aliphatic carbocycles. The fourth-order valence-corrected chi connectivity index (χ4v) is 2.62. The van der Waals surface area contributed by atoms with Crippen molar-refractivity contribution in [1.29, 1.82) is 0 Å². The molecule has 0 aromatic carbocycles. The van der Waals surface area contributed by atoms with Gasteiger partial charge in [0.15, 0.2) is 0 Å². The molecule has 0 aromatic heterocycles. The lowest BCUT2D eigenvalue weighted by atomic mass is 10.0. The van der Waals surface area contributed by atoms with Gasteiger partial charge >= 0.3 is 0 Å². The second-order valence-electron chi connectivity index (χ2n) is 6.05. The maximum atomic E-state index is 12.0. The van der Waals surface area contributed by atoms with E-state index >= 15 is 0 Å². The first-order valence-electron chi connectivity index (χ1n) is 7.97. The maximum absolute atomic E-state index is 12.0. The molecular weight excluding hydrogens is 254 g/mol. The molecule has 0 aromatic rings. The van der Waals surface area contributed by atoms with Crippen LogP contribution in [0.1, 0.15) is 45.4 Å². The summed E-state index contributed by atoms with van der Waals surface area (Å²) >= 11 is 0. The smallest absolute Gasteiger partial charge is 0.236 e. The van der Waals surface area contributed by atoms with Gasteiger partial charge in [-0.3, -0.25) is 9.59 Å². The van der Waals surface area contributed by atoms with Crippen LogP contribution in [0.3, 0.4) is 0 Å². The molecule has 1 heterocycles. The van der Waals surface area contributed by atoms with Crippen molar-refractivity contribution in [3.63, 3.8) is 0 Å². The molecule has 2 amide bonds. The van der Waals surface area contributed by atoms with Gasteiger partial charge in [-0.15, -0.1) is 0 Å². The van der Waals surface area contributed by atoms with Crippen LogP contribution in [0, 0.1) is 5.92 Å². The lowest BCUT2D eigenvalue weighted by molar-refractivity contribution is -0.131. The summed E-state index contributed by atoms with van der Waals surface area (Å²) in [7, 11) is 0. The van der Waals surface area contributed by atoms with E-state index in [0.717, 1.165) is 44.8 Å². The Bertz CT molecular complexity index is 334. The quantitative estimate of drug-likeness (QED) is 0.728. The van der Waals surface area contributed by atoms with Gasteiger partial charge in [0, 0.05) is 25.6 Å². The molecular formula is C15H27N3O2. The molecule has 0 spiro atoms. The molecule has 5 nitrogen and oxygen atoms in total. The number of likely N-dealkylation sites (tertiary alicyclic amines) is 1. The highest BCUT2D eigenvalue weighted by atomic mass is 16.2. The Morgan fingerprint density at radius 2 is 1.85 bits per heavy atom. The van der Waals surface area contributed by atoms with E-state index in [2.05, 4.69) is 10.6 Å². The van der Waals surface area contributed by atoms with Gasteiger partial charge in [-0.2, -0.15) is 0 Å². The Balaban J connectivity index is 1.59. The zero-order chi connectivity index (χ0) is 14.4. The predicted octanol–water partition coefficient (Wildman–Crippen LogP) is 0.893. The van der Waals surface area contributed by atoms with Gasteiger partial charge < -0.3 is 15.5 Å². The Morgan fingerprint density at radius 1 is 1.15 bits per heavy atom. The summed E-state index contributed by atoms with van der Waals surface area (Å²) in [4.78, 5) is 25.5. The molecule has 1 saturated heterocycles. The molecule has 1 saturated carbocycles. The summed E-state index contributed by atoms with van der Waals surface area (Å²) < 4.78 is 0. The van der Waals surface area contributed by atoms with Gasteiger partial charge in [0.2, 0.25) is 11.8 Å². The number of nitrogens with zero attached hydrogens (tertiary/aromatic N) is 1. The molecule has 0 bridgehead atoms. The Kier molecular flexibility index (Phi) is 5.83. The average Bonchev–Trinajstić information content (AvgIpc) is 3.24. The molecule has 20 heavy (non-hydrogen) atoms. The van der Waals surface area contributed by atoms with Gasteiger partial charge in [-0.1, -0.05) is 6.92 Å². The van der Waals surface area contributed by atoms with E-state index in [4.69, 9.17) is 0 Å². The second-order valence-corrected chi connectivity index (χ2v) is 6.05. The van der Waals surface area contributed by atoms with Gasteiger partial charge in [0.25, 0.3) is 0 Å². The standard InChI is InChI=1S/C15H27N3O2/c1-2-3-14(19)17-13-6-8-18(9-7-13)15(20)11-16-10-12-4-5-12/h12-13,16H,2-11H2,1H3,(H,17,19). The number of nitrogens with one attached hydrogen (secondary N) is 2. The van der Waals surface area contributed by atoms with Crippen molar-refractivity contribution in [2.75, 3.05) is 26.2 Å². The lowest BCUT2D eigenvalue weighted by Gasteiger charge is -2.32. The Labute approximate surface area is 121 Å². The molecule has 2 N–H and O–H groups in total. The second kappa shape index (κ2) is 7.62. The number of carbonyl (C=O) groups excluding carboxylic acids is 2. The highest BCUT2D eigenvalue weighted by Crippen LogP contribution is 2.27. The van der Waals surface area contributed by atoms with Crippen LogP contribution < -0.4 is 10.6 Å². The number of hydrogen-bond donors (Lipinski definition) is 2. The summed E-state index contributed by atoms with van der Waals surface area (Å²) in [6.45, 7) is 4.98. The molecule has 2 aliphatic rings. The summed E-state index contributed by atoms with van der Waals surface area (Å²) in [6.07, 6.45) is 5.86. The van der Waals surface area contributed by atoms with E-state index in [1.165, 1.54) is 12.8 Å². The predicted molar refractivity (Wildman–Crippen MR) is 78.2 cm³/mol. The Hall–Kier alpha value is -1.10. The van der Waals surface area contributed by atoms with Crippen molar-refractivity contribution in [2.45, 2.75) is 51.5 Å². The third-order valence-corrected chi connectivity index (χ3v) is 4.10. The first kappa shape index (κ1) is 15.3. The van der Waals surface area contributed by atoms with E-state index in [9.17, 15) is 9.59 Å². The fraction of sp³-hybridized carbons (Fsp3) is 0.867. The van der Waals surface area contributed by atoms with Crippen LogP contribution >= 0.6 is 0 Å². The van der Waals surface area contributed by atoms with Gasteiger partial charge in [-0.05, 0) is 44.6 Å². The SMILES string of the molecule is CCCC(=O)NC1CCN(C(=O)CNCC2CC2)CC1. The first-order valence-corrected chi connectivity index (χ1v) is 7.97. The van der Waals surface area contributed by atoms with Crippen LogP contribution in [0.5, 0.6) is 0 Å². The zero-order valence-corrected chi connectivity index (χ0v) is 12.5. The highest BCUT2D eigenvalue weighted by Gasteiger charge is 2.24. The highest BCUT2D eigenvalue weighted by molar-refractivity contribution is 5.78. The van der Waals surface area contributed by atoms with Crippen LogP contribution in [-0.2, 0) is 9.59 Å². The molecule has 0 atom stereocenters. The van der Waals surface area contributed by atoms with Crippen molar-refractivity contribution in [3.8, 4) is 0 Å². The van der Waals surface area contributed by atoms with Gasteiger partial charge in [-0.25, -0.2) is 0 Å². The molecule has 2 fully saturated rings. The summed E-state index contributed by atoms with van der Waals surface area (Å²) in [5.74, 6) is 1.15. The average molecular weight is 281 g/mol. The van der Waals surface area contributed by atoms with Gasteiger partial charge in [0.1, 0.15) is 0 Å². The topological polar surface area (TPSA) is 61.4 Å². The molecule has 0 radical (unpaired) electrons. The summed E-state index contributed by atoms with van der Waals surface area (Å²) in [5.41, 5.74) is 0. The largest absolute Gasteiger partial charge is 0.353 e. The van der Waals surface area contributed by atoms with Crippen molar-refractivity contribution in [3.05, 3.63) is 0 Å². The van der Waals surface area contributed by atoms with Crippen LogP contribution in [0.15, 0.2) is 0 Å². The molecule has 114 valence electrons. The molecule has 5 heteroatoms. The maximum Gasteiger partial charge on any atom is 0.236 e. The lowest BCUT2D eigenvalue weighted by Crippen LogP contribution is -2.48. The molecule has 0 unspecified atom stereocenters. The van der Waals surface area contributed by atoms with E-state index < -0.39 is 0 Å². The third kappa shape index (κ3) is 5.12. The minimum Gasteiger partial charge on any atom is -0.353 e. The summed E-state index contributed by atoms with van der Waals surface area (Å²) in [5, 5.41) is 6.30. The number of piperidine rings is 1. The monoisotopic (exact) mass is 281 g/mol. The minimum atomic E-state index is 0.142. The van der Waals surface area contributed by atoms with E-state index in [-0.39, 0.29) is 17.9 Å². The van der Waals surface area contributed by atoms with E-state index in [0.29, 0.717) is 13.0 Å². The first-order chi connectivity index (χ1) is 9.69. The number of carbonyl (C=O) groups is 2. The van der Waals surface area contributed by atoms with Crippen molar-refractivity contribution >= 4 is 11.8 Å². The fourth-order valence-electron chi connectivity index (χ4n) is 2.62. The number of rotatable bonds is 7.